The highest BCUT2D eigenvalue weighted by Gasteiger charge is 2.23. The van der Waals surface area contributed by atoms with Gasteiger partial charge in [0.05, 0.1) is 0 Å². The molecule has 0 saturated carbocycles. The zero-order valence-corrected chi connectivity index (χ0v) is 16.1. The molecule has 0 aliphatic carbocycles. The molecule has 28 heavy (non-hydrogen) atoms. The van der Waals surface area contributed by atoms with E-state index in [2.05, 4.69) is 41.6 Å². The molecular weight excluding hydrogens is 355 g/mol. The molecule has 2 heterocycles. The first-order valence-electron chi connectivity index (χ1n) is 9.41. The molecule has 0 fully saturated rings. The van der Waals surface area contributed by atoms with Crippen LogP contribution in [0, 0.1) is 12.7 Å². The second kappa shape index (κ2) is 7.24. The van der Waals surface area contributed by atoms with Crippen LogP contribution in [0.1, 0.15) is 22.4 Å². The minimum atomic E-state index is -1.000. The van der Waals surface area contributed by atoms with Crippen molar-refractivity contribution in [3.05, 3.63) is 76.7 Å². The smallest absolute Gasteiger partial charge is 0.328 e. The molecule has 1 aliphatic heterocycles. The molecule has 1 aromatic heterocycles. The zero-order valence-electron chi connectivity index (χ0n) is 16.1. The normalized spacial score (nSPS) is 15.0. The average molecular weight is 378 g/mol. The zero-order chi connectivity index (χ0) is 19.8. The number of benzene rings is 2. The lowest BCUT2D eigenvalue weighted by Crippen LogP contribution is -2.27. The van der Waals surface area contributed by atoms with E-state index in [4.69, 9.17) is 0 Å². The summed E-state index contributed by atoms with van der Waals surface area (Å²) in [5, 5.41) is 10.6. The molecule has 144 valence electrons. The molecule has 5 heteroatoms. The van der Waals surface area contributed by atoms with Crippen molar-refractivity contribution in [2.75, 3.05) is 13.6 Å². The van der Waals surface area contributed by atoms with Crippen molar-refractivity contribution in [2.45, 2.75) is 26.4 Å². The number of carbonyl (C=O) groups is 1. The number of nitrogens with zero attached hydrogens (tertiary/aromatic N) is 2. The van der Waals surface area contributed by atoms with Gasteiger partial charge in [-0.1, -0.05) is 23.8 Å². The molecular formula is C23H23FN2O2. The summed E-state index contributed by atoms with van der Waals surface area (Å²) >= 11 is 0. The summed E-state index contributed by atoms with van der Waals surface area (Å²) in [6.45, 7) is 4.38. The number of aryl methyl sites for hydroxylation is 1. The standard InChI is InChI=1S/C23H23FN2O2/c1-15-3-8-21-19(11-15)20-14-25(2)10-9-22(20)26(21)13-17(12-23(27)28)16-4-6-18(24)7-5-16/h3-8,11-12H,9-10,13-14H2,1-2H3,(H,27,28). The number of rotatable bonds is 4. The van der Waals surface area contributed by atoms with Gasteiger partial charge < -0.3 is 14.6 Å². The summed E-state index contributed by atoms with van der Waals surface area (Å²) in [6, 6.07) is 12.4. The van der Waals surface area contributed by atoms with Gasteiger partial charge in [0.25, 0.3) is 0 Å². The maximum absolute atomic E-state index is 13.4. The van der Waals surface area contributed by atoms with E-state index >= 15 is 0 Å². The highest BCUT2D eigenvalue weighted by atomic mass is 19.1. The maximum Gasteiger partial charge on any atom is 0.328 e. The summed E-state index contributed by atoms with van der Waals surface area (Å²) in [4.78, 5) is 13.8. The van der Waals surface area contributed by atoms with Crippen LogP contribution < -0.4 is 0 Å². The van der Waals surface area contributed by atoms with Crippen molar-refractivity contribution in [1.29, 1.82) is 0 Å². The number of aromatic nitrogens is 1. The van der Waals surface area contributed by atoms with Gasteiger partial charge in [0.1, 0.15) is 5.82 Å². The Kier molecular flexibility index (Phi) is 4.77. The molecule has 1 aliphatic rings. The predicted octanol–water partition coefficient (Wildman–Crippen LogP) is 4.24. The summed E-state index contributed by atoms with van der Waals surface area (Å²) in [5.74, 6) is -1.33. The molecule has 0 unspecified atom stereocenters. The first kappa shape index (κ1) is 18.4. The number of hydrogen-bond donors (Lipinski definition) is 1. The molecule has 0 saturated heterocycles. The van der Waals surface area contributed by atoms with Gasteiger partial charge in [-0.05, 0) is 54.9 Å². The van der Waals surface area contributed by atoms with Crippen molar-refractivity contribution in [2.24, 2.45) is 0 Å². The largest absolute Gasteiger partial charge is 0.478 e. The van der Waals surface area contributed by atoms with Crippen LogP contribution >= 0.6 is 0 Å². The monoisotopic (exact) mass is 378 g/mol. The molecule has 4 rings (SSSR count). The van der Waals surface area contributed by atoms with Gasteiger partial charge in [0.2, 0.25) is 0 Å². The summed E-state index contributed by atoms with van der Waals surface area (Å²) in [5.41, 5.74) is 6.29. The third kappa shape index (κ3) is 3.45. The van der Waals surface area contributed by atoms with Gasteiger partial charge in [0, 0.05) is 48.7 Å². The van der Waals surface area contributed by atoms with E-state index in [1.807, 2.05) is 0 Å². The molecule has 3 aromatic rings. The molecule has 0 amide bonds. The van der Waals surface area contributed by atoms with Gasteiger partial charge in [-0.3, -0.25) is 0 Å². The van der Waals surface area contributed by atoms with E-state index in [-0.39, 0.29) is 5.82 Å². The van der Waals surface area contributed by atoms with Crippen molar-refractivity contribution in [3.8, 4) is 0 Å². The second-order valence-electron chi connectivity index (χ2n) is 7.53. The summed E-state index contributed by atoms with van der Waals surface area (Å²) < 4.78 is 15.6. The minimum absolute atomic E-state index is 0.333. The summed E-state index contributed by atoms with van der Waals surface area (Å²) in [7, 11) is 2.12. The molecule has 0 spiro atoms. The topological polar surface area (TPSA) is 45.5 Å². The highest BCUT2D eigenvalue weighted by molar-refractivity contribution is 5.91. The minimum Gasteiger partial charge on any atom is -0.478 e. The van der Waals surface area contributed by atoms with Crippen LogP contribution in [0.4, 0.5) is 4.39 Å². The third-order valence-corrected chi connectivity index (χ3v) is 5.44. The Morgan fingerprint density at radius 2 is 1.96 bits per heavy atom. The molecule has 2 aromatic carbocycles. The van der Waals surface area contributed by atoms with Crippen molar-refractivity contribution in [3.63, 3.8) is 0 Å². The van der Waals surface area contributed by atoms with Crippen molar-refractivity contribution < 1.29 is 14.3 Å². The van der Waals surface area contributed by atoms with Crippen LogP contribution in [0.25, 0.3) is 16.5 Å². The second-order valence-corrected chi connectivity index (χ2v) is 7.53. The van der Waals surface area contributed by atoms with E-state index in [0.717, 1.165) is 30.6 Å². The van der Waals surface area contributed by atoms with E-state index in [0.29, 0.717) is 12.1 Å². The van der Waals surface area contributed by atoms with E-state index in [9.17, 15) is 14.3 Å². The molecule has 1 N–H and O–H groups in total. The molecule has 4 nitrogen and oxygen atoms in total. The van der Waals surface area contributed by atoms with Crippen molar-refractivity contribution >= 4 is 22.4 Å². The van der Waals surface area contributed by atoms with E-state index in [1.54, 1.807) is 12.1 Å². The quantitative estimate of drug-likeness (QED) is 0.691. The lowest BCUT2D eigenvalue weighted by molar-refractivity contribution is -0.131. The molecule has 0 radical (unpaired) electrons. The fourth-order valence-electron chi connectivity index (χ4n) is 4.08. The fraction of sp³-hybridized carbons (Fsp3) is 0.261. The average Bonchev–Trinajstić information content (AvgIpc) is 2.94. The van der Waals surface area contributed by atoms with Crippen LogP contribution in [0.2, 0.25) is 0 Å². The number of carboxylic acids is 1. The van der Waals surface area contributed by atoms with Gasteiger partial charge in [0.15, 0.2) is 0 Å². The highest BCUT2D eigenvalue weighted by Crippen LogP contribution is 2.33. The van der Waals surface area contributed by atoms with Crippen LogP contribution in [-0.2, 0) is 24.3 Å². The van der Waals surface area contributed by atoms with Gasteiger partial charge in [-0.15, -0.1) is 0 Å². The maximum atomic E-state index is 13.4. The Bertz CT molecular complexity index is 1080. The lowest BCUT2D eigenvalue weighted by atomic mass is 10.0. The lowest BCUT2D eigenvalue weighted by Gasteiger charge is -2.24. The first-order valence-corrected chi connectivity index (χ1v) is 9.41. The summed E-state index contributed by atoms with van der Waals surface area (Å²) in [6.07, 6.45) is 2.15. The SMILES string of the molecule is Cc1ccc2c(c1)c1c(n2CC(=CC(=O)O)c2ccc(F)cc2)CCN(C)C1. The third-order valence-electron chi connectivity index (χ3n) is 5.44. The van der Waals surface area contributed by atoms with Crippen LogP contribution in [-0.4, -0.2) is 34.1 Å². The van der Waals surface area contributed by atoms with E-state index in [1.165, 1.54) is 40.4 Å². The van der Waals surface area contributed by atoms with Gasteiger partial charge in [-0.25, -0.2) is 9.18 Å². The number of allylic oxidation sites excluding steroid dienone is 1. The fourth-order valence-corrected chi connectivity index (χ4v) is 4.08. The molecule has 0 bridgehead atoms. The predicted molar refractivity (Wildman–Crippen MR) is 109 cm³/mol. The Morgan fingerprint density at radius 3 is 2.68 bits per heavy atom. The Labute approximate surface area is 163 Å². The Hall–Kier alpha value is -2.92. The Morgan fingerprint density at radius 1 is 1.21 bits per heavy atom. The number of halogens is 1. The first-order chi connectivity index (χ1) is 13.4. The van der Waals surface area contributed by atoms with Crippen LogP contribution in [0.3, 0.4) is 0 Å². The van der Waals surface area contributed by atoms with Crippen molar-refractivity contribution in [1.82, 2.24) is 9.47 Å². The number of aliphatic carboxylic acids is 1. The Balaban J connectivity index is 1.86. The van der Waals surface area contributed by atoms with Gasteiger partial charge in [-0.2, -0.15) is 0 Å². The number of fused-ring (bicyclic) bond motifs is 3. The number of hydrogen-bond acceptors (Lipinski definition) is 2. The number of carboxylic acid groups (broad SMARTS) is 1. The van der Waals surface area contributed by atoms with Crippen LogP contribution in [0.15, 0.2) is 48.5 Å². The van der Waals surface area contributed by atoms with E-state index < -0.39 is 5.97 Å². The van der Waals surface area contributed by atoms with Crippen LogP contribution in [0.5, 0.6) is 0 Å². The van der Waals surface area contributed by atoms with Gasteiger partial charge >= 0.3 is 5.97 Å². The number of likely N-dealkylation sites (N-methyl/N-ethyl adjacent to an activating group) is 1. The molecule has 0 atom stereocenters.